The van der Waals surface area contributed by atoms with Gasteiger partial charge in [-0.05, 0) is 51.4 Å². The lowest BCUT2D eigenvalue weighted by Gasteiger charge is -2.34. The number of carbonyl (C=O) groups excluding carboxylic acids is 3. The fourth-order valence-electron chi connectivity index (χ4n) is 4.94. The monoisotopic (exact) mass is 774 g/mol. The van der Waals surface area contributed by atoms with Crippen molar-refractivity contribution < 1.29 is 38.2 Å². The zero-order valence-electron chi connectivity index (χ0n) is 35.0. The van der Waals surface area contributed by atoms with E-state index in [0.29, 0.717) is 12.8 Å². The number of esters is 2. The highest BCUT2D eigenvalue weighted by atomic mass is 16.6. The van der Waals surface area contributed by atoms with Crippen LogP contribution in [-0.2, 0) is 28.6 Å². The minimum Gasteiger partial charge on any atom is -0.544 e. The normalized spacial score (nSPS) is 14.4. The van der Waals surface area contributed by atoms with Crippen LogP contribution in [0.5, 0.6) is 0 Å². The SMILES string of the molecule is CC/C=C/C=C/C=C/C=C/C=C/C=C/CCCCCC(=O)OC(COCCC(C(=O)[O-])[N+](C)(C)C)COC(=O)CCCCC/C=C/C=C/C=C/C=C/C=C/CC. The molecule has 0 aromatic heterocycles. The highest BCUT2D eigenvalue weighted by Crippen LogP contribution is 2.11. The average Bonchev–Trinajstić information content (AvgIpc) is 3.15. The Morgan fingerprint density at radius 3 is 1.36 bits per heavy atom. The van der Waals surface area contributed by atoms with Crippen LogP contribution in [0.4, 0.5) is 0 Å². The molecule has 0 heterocycles. The minimum atomic E-state index is -1.15. The number of hydrogen-bond donors (Lipinski definition) is 0. The summed E-state index contributed by atoms with van der Waals surface area (Å²) in [6.07, 6.45) is 53.3. The van der Waals surface area contributed by atoms with Gasteiger partial charge in [-0.15, -0.1) is 0 Å². The second-order valence-corrected chi connectivity index (χ2v) is 14.0. The summed E-state index contributed by atoms with van der Waals surface area (Å²) in [6.45, 7) is 4.23. The number of unbranched alkanes of at least 4 members (excludes halogenated alkanes) is 6. The summed E-state index contributed by atoms with van der Waals surface area (Å²) < 4.78 is 17.0. The number of ether oxygens (including phenoxy) is 3. The highest BCUT2D eigenvalue weighted by Gasteiger charge is 2.25. The zero-order chi connectivity index (χ0) is 41.4. The van der Waals surface area contributed by atoms with Crippen molar-refractivity contribution >= 4 is 17.9 Å². The molecule has 0 saturated heterocycles. The Balaban J connectivity index is 4.62. The van der Waals surface area contributed by atoms with E-state index in [-0.39, 0.29) is 55.5 Å². The number of quaternary nitrogens is 1. The molecule has 0 amide bonds. The fourth-order valence-corrected chi connectivity index (χ4v) is 4.94. The van der Waals surface area contributed by atoms with Gasteiger partial charge in [0.05, 0.1) is 40.3 Å². The minimum absolute atomic E-state index is 0.00299. The van der Waals surface area contributed by atoms with Crippen LogP contribution in [0.15, 0.2) is 134 Å². The number of carboxylic acid groups (broad SMARTS) is 1. The number of carbonyl (C=O) groups is 3. The van der Waals surface area contributed by atoms with Gasteiger partial charge in [-0.1, -0.05) is 160 Å². The van der Waals surface area contributed by atoms with Crippen LogP contribution < -0.4 is 5.11 Å². The van der Waals surface area contributed by atoms with Crippen LogP contribution >= 0.6 is 0 Å². The number of likely N-dealkylation sites (N-methyl/N-ethyl adjacent to an activating group) is 1. The molecule has 0 rings (SSSR count). The van der Waals surface area contributed by atoms with Crippen molar-refractivity contribution in [2.24, 2.45) is 0 Å². The van der Waals surface area contributed by atoms with E-state index in [0.717, 1.165) is 51.4 Å². The van der Waals surface area contributed by atoms with Crippen molar-refractivity contribution in [1.82, 2.24) is 0 Å². The van der Waals surface area contributed by atoms with E-state index in [2.05, 4.69) is 38.2 Å². The molecule has 2 atom stereocenters. The number of nitrogens with zero attached hydrogens (tertiary/aromatic N) is 1. The maximum atomic E-state index is 12.7. The molecule has 0 radical (unpaired) electrons. The molecule has 0 fully saturated rings. The largest absolute Gasteiger partial charge is 0.544 e. The van der Waals surface area contributed by atoms with Gasteiger partial charge in [0.1, 0.15) is 12.6 Å². The van der Waals surface area contributed by atoms with Gasteiger partial charge in [-0.3, -0.25) is 9.59 Å². The summed E-state index contributed by atoms with van der Waals surface area (Å²) in [7, 11) is 5.35. The third-order valence-corrected chi connectivity index (χ3v) is 8.07. The van der Waals surface area contributed by atoms with Crippen LogP contribution in [0.3, 0.4) is 0 Å². The first-order valence-corrected chi connectivity index (χ1v) is 20.4. The van der Waals surface area contributed by atoms with Crippen molar-refractivity contribution in [2.75, 3.05) is 41.0 Å². The van der Waals surface area contributed by atoms with Crippen molar-refractivity contribution in [3.8, 4) is 0 Å². The predicted octanol–water partition coefficient (Wildman–Crippen LogP) is 9.51. The Labute approximate surface area is 339 Å². The third-order valence-electron chi connectivity index (χ3n) is 8.07. The molecule has 2 unspecified atom stereocenters. The first kappa shape index (κ1) is 51.5. The van der Waals surface area contributed by atoms with Gasteiger partial charge in [0.15, 0.2) is 6.10 Å². The van der Waals surface area contributed by atoms with Crippen LogP contribution in [0.2, 0.25) is 0 Å². The van der Waals surface area contributed by atoms with Gasteiger partial charge >= 0.3 is 11.9 Å². The Hall–Kier alpha value is -4.53. The maximum absolute atomic E-state index is 12.7. The van der Waals surface area contributed by atoms with Crippen molar-refractivity contribution in [3.63, 3.8) is 0 Å². The van der Waals surface area contributed by atoms with Gasteiger partial charge in [0.2, 0.25) is 0 Å². The molecule has 0 aliphatic carbocycles. The second-order valence-electron chi connectivity index (χ2n) is 14.0. The second kappa shape index (κ2) is 37.4. The molecule has 0 aromatic carbocycles. The summed E-state index contributed by atoms with van der Waals surface area (Å²) in [5.74, 6) is -1.88. The van der Waals surface area contributed by atoms with Crippen molar-refractivity contribution in [3.05, 3.63) is 134 Å². The average molecular weight is 774 g/mol. The lowest BCUT2D eigenvalue weighted by molar-refractivity contribution is -0.889. The van der Waals surface area contributed by atoms with E-state index < -0.39 is 18.1 Å². The summed E-state index contributed by atoms with van der Waals surface area (Å²) in [4.78, 5) is 36.8. The van der Waals surface area contributed by atoms with E-state index in [4.69, 9.17) is 14.2 Å². The molecule has 0 bridgehead atoms. The molecule has 8 nitrogen and oxygen atoms in total. The molecule has 0 aliphatic rings. The lowest BCUT2D eigenvalue weighted by Crippen LogP contribution is -2.55. The van der Waals surface area contributed by atoms with E-state index in [1.165, 1.54) is 0 Å². The summed E-state index contributed by atoms with van der Waals surface area (Å²) in [6, 6.07) is -0.751. The molecule has 310 valence electrons. The first-order chi connectivity index (χ1) is 27.1. The number of allylic oxidation sites excluding steroid dienone is 22. The number of aliphatic carboxylic acids is 1. The molecule has 0 spiro atoms. The van der Waals surface area contributed by atoms with Gasteiger partial charge in [-0.2, -0.15) is 0 Å². The van der Waals surface area contributed by atoms with E-state index in [1.807, 2.05) is 109 Å². The Kier molecular flexibility index (Phi) is 34.4. The topological polar surface area (TPSA) is 102 Å². The lowest BCUT2D eigenvalue weighted by atomic mass is 10.1. The van der Waals surface area contributed by atoms with E-state index in [1.54, 1.807) is 21.1 Å². The molecule has 0 aliphatic heterocycles. The molecule has 56 heavy (non-hydrogen) atoms. The summed E-state index contributed by atoms with van der Waals surface area (Å²) in [5.41, 5.74) is 0. The number of carboxylic acids is 1. The highest BCUT2D eigenvalue weighted by molar-refractivity contribution is 5.70. The van der Waals surface area contributed by atoms with Gasteiger partial charge < -0.3 is 28.6 Å². The van der Waals surface area contributed by atoms with E-state index >= 15 is 0 Å². The number of hydrogen-bond acceptors (Lipinski definition) is 7. The Morgan fingerprint density at radius 1 is 0.536 bits per heavy atom. The Bertz CT molecular complexity index is 1370. The van der Waals surface area contributed by atoms with Crippen molar-refractivity contribution in [1.29, 1.82) is 0 Å². The molecule has 0 saturated carbocycles. The summed E-state index contributed by atoms with van der Waals surface area (Å²) in [5, 5.41) is 11.6. The van der Waals surface area contributed by atoms with Crippen molar-refractivity contribution in [2.45, 2.75) is 109 Å². The van der Waals surface area contributed by atoms with Crippen LogP contribution in [0.1, 0.15) is 97.3 Å². The fraction of sp³-hybridized carbons (Fsp3) is 0.479. The quantitative estimate of drug-likeness (QED) is 0.0283. The smallest absolute Gasteiger partial charge is 0.306 e. The van der Waals surface area contributed by atoms with Gasteiger partial charge in [0, 0.05) is 19.3 Å². The van der Waals surface area contributed by atoms with E-state index in [9.17, 15) is 19.5 Å². The van der Waals surface area contributed by atoms with Crippen LogP contribution in [0.25, 0.3) is 0 Å². The third kappa shape index (κ3) is 35.2. The van der Waals surface area contributed by atoms with Gasteiger partial charge in [0.25, 0.3) is 0 Å². The standard InChI is InChI=1S/C48H71NO7/c1-6-8-10-12-14-16-18-20-22-23-25-27-29-31-33-35-37-39-47(51)56-44(42-54-41-40-45(48(52)53)49(3,4)5)43-55-46(50)38-36-34-32-30-28-26-24-21-19-17-15-13-11-9-7-2/h8-29,44-45H,6-7,30-43H2,1-5H3/b10-8+,11-9+,14-12+,15-13+,18-16+,19-17+,22-20+,24-21+,25-23+,28-26+,29-27+. The van der Waals surface area contributed by atoms with Crippen LogP contribution in [0, 0.1) is 0 Å². The van der Waals surface area contributed by atoms with Crippen LogP contribution in [-0.4, -0.2) is 75.5 Å². The predicted molar refractivity (Wildman–Crippen MR) is 230 cm³/mol. The van der Waals surface area contributed by atoms with Gasteiger partial charge in [-0.25, -0.2) is 0 Å². The Morgan fingerprint density at radius 2 is 0.946 bits per heavy atom. The molecular weight excluding hydrogens is 703 g/mol. The summed E-state index contributed by atoms with van der Waals surface area (Å²) >= 11 is 0. The first-order valence-electron chi connectivity index (χ1n) is 20.4. The molecule has 8 heteroatoms. The number of rotatable bonds is 33. The maximum Gasteiger partial charge on any atom is 0.306 e. The molecule has 0 N–H and O–H groups in total. The molecular formula is C48H71NO7. The zero-order valence-corrected chi connectivity index (χ0v) is 35.0. The molecule has 0 aromatic rings.